The number of nitrogens with zero attached hydrogens (tertiary/aromatic N) is 5. The van der Waals surface area contributed by atoms with Gasteiger partial charge in [0.2, 0.25) is 5.91 Å². The van der Waals surface area contributed by atoms with Crippen LogP contribution in [0.25, 0.3) is 0 Å². The Kier molecular flexibility index (Phi) is 5.50. The van der Waals surface area contributed by atoms with Gasteiger partial charge in [0, 0.05) is 31.0 Å². The number of amides is 1. The number of hydrogen-bond donors (Lipinski definition) is 0. The lowest BCUT2D eigenvalue weighted by atomic mass is 10.1. The summed E-state index contributed by atoms with van der Waals surface area (Å²) in [4.78, 5) is 18.8. The zero-order valence-electron chi connectivity index (χ0n) is 16.3. The van der Waals surface area contributed by atoms with Gasteiger partial charge in [-0.1, -0.05) is 36.9 Å². The van der Waals surface area contributed by atoms with E-state index >= 15 is 0 Å². The lowest BCUT2D eigenvalue weighted by Gasteiger charge is -2.20. The maximum Gasteiger partial charge on any atom is 0.230 e. The fraction of sp³-hybridized carbons (Fsp3) is 0.400. The number of benzene rings is 1. The highest BCUT2D eigenvalue weighted by molar-refractivity contribution is 7.98. The summed E-state index contributed by atoms with van der Waals surface area (Å²) in [6.07, 6.45) is 3.29. The van der Waals surface area contributed by atoms with Gasteiger partial charge in [0.05, 0.1) is 11.4 Å². The summed E-state index contributed by atoms with van der Waals surface area (Å²) in [5.41, 5.74) is 2.99. The Bertz CT molecular complexity index is 992. The maximum absolute atomic E-state index is 12.4. The molecule has 1 amide bonds. The highest BCUT2D eigenvalue weighted by Gasteiger charge is 2.29. The van der Waals surface area contributed by atoms with Crippen LogP contribution in [0.15, 0.2) is 34.8 Å². The van der Waals surface area contributed by atoms with E-state index < -0.39 is 0 Å². The van der Waals surface area contributed by atoms with E-state index in [1.54, 1.807) is 23.6 Å². The Morgan fingerprint density at radius 1 is 1.32 bits per heavy atom. The first-order chi connectivity index (χ1) is 13.6. The third-order valence-corrected chi connectivity index (χ3v) is 6.75. The van der Waals surface area contributed by atoms with E-state index in [0.29, 0.717) is 16.8 Å². The lowest BCUT2D eigenvalue weighted by molar-refractivity contribution is -0.115. The zero-order valence-corrected chi connectivity index (χ0v) is 17.9. The minimum absolute atomic E-state index is 0.0307. The number of aryl methyl sites for hydroxylation is 1. The van der Waals surface area contributed by atoms with Crippen LogP contribution >= 0.6 is 23.1 Å². The van der Waals surface area contributed by atoms with Gasteiger partial charge in [-0.2, -0.15) is 0 Å². The molecule has 0 aliphatic heterocycles. The molecule has 0 radical (unpaired) electrons. The third-order valence-electron chi connectivity index (χ3n) is 4.82. The predicted molar refractivity (Wildman–Crippen MR) is 113 cm³/mol. The number of anilines is 2. The van der Waals surface area contributed by atoms with Crippen LogP contribution in [0.5, 0.6) is 0 Å². The topological polar surface area (TPSA) is 63.9 Å². The number of aromatic nitrogens is 4. The molecule has 28 heavy (non-hydrogen) atoms. The van der Waals surface area contributed by atoms with Crippen LogP contribution in [0.4, 0.5) is 10.8 Å². The summed E-state index contributed by atoms with van der Waals surface area (Å²) >= 11 is 3.13. The van der Waals surface area contributed by atoms with E-state index in [4.69, 9.17) is 4.98 Å². The molecule has 4 rings (SSSR count). The summed E-state index contributed by atoms with van der Waals surface area (Å²) in [6.45, 7) is 3.68. The molecule has 0 saturated heterocycles. The molecule has 146 valence electrons. The highest BCUT2D eigenvalue weighted by Crippen LogP contribution is 2.40. The summed E-state index contributed by atoms with van der Waals surface area (Å²) in [5, 5.41) is 12.3. The maximum atomic E-state index is 12.4. The van der Waals surface area contributed by atoms with Gasteiger partial charge in [-0.15, -0.1) is 21.5 Å². The van der Waals surface area contributed by atoms with Crippen LogP contribution in [0.2, 0.25) is 0 Å². The lowest BCUT2D eigenvalue weighted by Crippen LogP contribution is -2.23. The van der Waals surface area contributed by atoms with Gasteiger partial charge >= 0.3 is 0 Å². The van der Waals surface area contributed by atoms with E-state index in [2.05, 4.69) is 27.8 Å². The Morgan fingerprint density at radius 2 is 2.11 bits per heavy atom. The average molecular weight is 414 g/mol. The zero-order chi connectivity index (χ0) is 19.7. The molecule has 1 aromatic carbocycles. The Labute approximate surface area is 173 Å². The van der Waals surface area contributed by atoms with E-state index in [9.17, 15) is 4.79 Å². The van der Waals surface area contributed by atoms with Gasteiger partial charge in [0.25, 0.3) is 0 Å². The first-order valence-corrected chi connectivity index (χ1v) is 11.3. The molecule has 3 aromatic rings. The first kappa shape index (κ1) is 19.1. The van der Waals surface area contributed by atoms with Crippen molar-refractivity contribution in [3.05, 3.63) is 46.7 Å². The molecule has 0 spiro atoms. The van der Waals surface area contributed by atoms with Crippen molar-refractivity contribution in [2.75, 3.05) is 4.90 Å². The Hall–Kier alpha value is -2.19. The summed E-state index contributed by atoms with van der Waals surface area (Å²) in [7, 11) is 2.03. The second-order valence-corrected chi connectivity index (χ2v) is 8.70. The summed E-state index contributed by atoms with van der Waals surface area (Å²) < 4.78 is 2.09. The molecule has 0 atom stereocenters. The van der Waals surface area contributed by atoms with Crippen LogP contribution in [-0.4, -0.2) is 25.7 Å². The van der Waals surface area contributed by atoms with Gasteiger partial charge in [-0.05, 0) is 30.9 Å². The third kappa shape index (κ3) is 3.84. The molecule has 1 fully saturated rings. The van der Waals surface area contributed by atoms with Gasteiger partial charge in [0.1, 0.15) is 5.82 Å². The second kappa shape index (κ2) is 8.05. The summed E-state index contributed by atoms with van der Waals surface area (Å²) in [5.74, 6) is 2.34. The Balaban J connectivity index is 1.51. The SMILES string of the molecule is CCc1ccccc1N(C(C)=O)c1nc(CSc2nnc(C3CC3)n2C)cs1. The van der Waals surface area contributed by atoms with Crippen molar-refractivity contribution in [2.24, 2.45) is 7.05 Å². The number of thiazole rings is 1. The van der Waals surface area contributed by atoms with Crippen molar-refractivity contribution in [1.82, 2.24) is 19.7 Å². The standard InChI is InChI=1S/C20H23N5OS2/c1-4-14-7-5-6-8-17(14)25(13(2)26)19-21-16(11-27-19)12-28-20-23-22-18(24(20)3)15-9-10-15/h5-8,11,15H,4,9-10,12H2,1-3H3. The number of thioether (sulfide) groups is 1. The minimum Gasteiger partial charge on any atom is -0.309 e. The number of hydrogen-bond acceptors (Lipinski definition) is 6. The molecule has 1 saturated carbocycles. The van der Waals surface area contributed by atoms with Crippen LogP contribution < -0.4 is 4.90 Å². The van der Waals surface area contributed by atoms with Crippen molar-refractivity contribution >= 4 is 39.8 Å². The molecule has 2 heterocycles. The van der Waals surface area contributed by atoms with Gasteiger partial charge in [-0.3, -0.25) is 9.69 Å². The molecular weight excluding hydrogens is 390 g/mol. The molecule has 0 bridgehead atoms. The number of carbonyl (C=O) groups is 1. The van der Waals surface area contributed by atoms with Crippen LogP contribution in [-0.2, 0) is 24.0 Å². The summed E-state index contributed by atoms with van der Waals surface area (Å²) in [6, 6.07) is 8.00. The average Bonchev–Trinajstić information content (AvgIpc) is 3.32. The quantitative estimate of drug-likeness (QED) is 0.526. The second-order valence-electron chi connectivity index (χ2n) is 6.92. The molecule has 1 aliphatic rings. The molecule has 8 heteroatoms. The Morgan fingerprint density at radius 3 is 2.82 bits per heavy atom. The van der Waals surface area contributed by atoms with Crippen molar-refractivity contribution < 1.29 is 4.79 Å². The fourth-order valence-electron chi connectivity index (χ4n) is 3.19. The molecular formula is C20H23N5OS2. The fourth-order valence-corrected chi connectivity index (χ4v) is 4.98. The normalized spacial score (nSPS) is 13.7. The molecule has 0 unspecified atom stereocenters. The largest absolute Gasteiger partial charge is 0.309 e. The predicted octanol–water partition coefficient (Wildman–Crippen LogP) is 4.69. The molecule has 0 N–H and O–H groups in total. The van der Waals surface area contributed by atoms with Crippen LogP contribution in [0.1, 0.15) is 49.7 Å². The van der Waals surface area contributed by atoms with E-state index in [0.717, 1.165) is 34.3 Å². The van der Waals surface area contributed by atoms with Crippen LogP contribution in [0.3, 0.4) is 0 Å². The number of rotatable bonds is 7. The number of carbonyl (C=O) groups excluding carboxylic acids is 1. The monoisotopic (exact) mass is 413 g/mol. The smallest absolute Gasteiger partial charge is 0.230 e. The van der Waals surface area contributed by atoms with Crippen molar-refractivity contribution in [3.63, 3.8) is 0 Å². The van der Waals surface area contributed by atoms with Crippen molar-refractivity contribution in [1.29, 1.82) is 0 Å². The molecule has 2 aromatic heterocycles. The highest BCUT2D eigenvalue weighted by atomic mass is 32.2. The van der Waals surface area contributed by atoms with Gasteiger partial charge in [0.15, 0.2) is 10.3 Å². The van der Waals surface area contributed by atoms with E-state index in [-0.39, 0.29) is 5.91 Å². The van der Waals surface area contributed by atoms with Crippen molar-refractivity contribution in [3.8, 4) is 0 Å². The van der Waals surface area contributed by atoms with Crippen molar-refractivity contribution in [2.45, 2.75) is 49.9 Å². The van der Waals surface area contributed by atoms with Gasteiger partial charge < -0.3 is 4.57 Å². The molecule has 6 nitrogen and oxygen atoms in total. The minimum atomic E-state index is -0.0307. The first-order valence-electron chi connectivity index (χ1n) is 9.43. The van der Waals surface area contributed by atoms with Gasteiger partial charge in [-0.25, -0.2) is 4.98 Å². The van der Waals surface area contributed by atoms with Crippen LogP contribution in [0, 0.1) is 0 Å². The molecule has 1 aliphatic carbocycles. The van der Waals surface area contributed by atoms with E-state index in [1.165, 1.54) is 24.2 Å². The van der Waals surface area contributed by atoms with E-state index in [1.807, 2.05) is 30.6 Å². The number of para-hydroxylation sites is 1.